The Morgan fingerprint density at radius 2 is 2.10 bits per heavy atom. The average molecular weight is 314 g/mol. The molecule has 2 aromatic heterocycles. The van der Waals surface area contributed by atoms with Gasteiger partial charge in [0.2, 0.25) is 0 Å². The molecule has 110 valence electrons. The molecule has 2 heterocycles. The van der Waals surface area contributed by atoms with Gasteiger partial charge in [0, 0.05) is 24.5 Å². The summed E-state index contributed by atoms with van der Waals surface area (Å²) in [5.41, 5.74) is 1.76. The SMILES string of the molecule is CCC(C)CC(C)n1c(CCCl)nc2cc(Cl)cnc21. The third-order valence-electron chi connectivity index (χ3n) is 3.77. The van der Waals surface area contributed by atoms with Crippen molar-refractivity contribution in [3.8, 4) is 0 Å². The Kier molecular flexibility index (Phi) is 5.28. The maximum absolute atomic E-state index is 6.01. The maximum atomic E-state index is 6.01. The first-order chi connectivity index (χ1) is 9.56. The van der Waals surface area contributed by atoms with Crippen molar-refractivity contribution in [3.05, 3.63) is 23.1 Å². The van der Waals surface area contributed by atoms with Gasteiger partial charge in [-0.25, -0.2) is 9.97 Å². The molecule has 0 aromatic carbocycles. The largest absolute Gasteiger partial charge is 0.310 e. The zero-order valence-electron chi connectivity index (χ0n) is 12.2. The summed E-state index contributed by atoms with van der Waals surface area (Å²) in [6, 6.07) is 2.23. The van der Waals surface area contributed by atoms with E-state index in [0.29, 0.717) is 22.9 Å². The lowest BCUT2D eigenvalue weighted by Crippen LogP contribution is -2.13. The van der Waals surface area contributed by atoms with Gasteiger partial charge in [-0.1, -0.05) is 31.9 Å². The van der Waals surface area contributed by atoms with E-state index in [0.717, 1.165) is 29.8 Å². The van der Waals surface area contributed by atoms with Crippen molar-refractivity contribution in [2.24, 2.45) is 5.92 Å². The molecule has 3 nitrogen and oxygen atoms in total. The Bertz CT molecular complexity index is 580. The molecule has 0 radical (unpaired) electrons. The van der Waals surface area contributed by atoms with Crippen molar-refractivity contribution < 1.29 is 0 Å². The maximum Gasteiger partial charge on any atom is 0.160 e. The van der Waals surface area contributed by atoms with E-state index in [-0.39, 0.29) is 0 Å². The van der Waals surface area contributed by atoms with E-state index in [4.69, 9.17) is 23.2 Å². The second-order valence-electron chi connectivity index (χ2n) is 5.43. The summed E-state index contributed by atoms with van der Waals surface area (Å²) in [6.45, 7) is 6.73. The Labute approximate surface area is 130 Å². The molecule has 20 heavy (non-hydrogen) atoms. The van der Waals surface area contributed by atoms with Crippen LogP contribution in [0.1, 0.15) is 45.5 Å². The fourth-order valence-corrected chi connectivity index (χ4v) is 2.90. The molecule has 5 heteroatoms. The molecule has 0 saturated heterocycles. The molecule has 2 atom stereocenters. The van der Waals surface area contributed by atoms with E-state index in [1.54, 1.807) is 6.20 Å². The zero-order valence-corrected chi connectivity index (χ0v) is 13.7. The van der Waals surface area contributed by atoms with E-state index in [9.17, 15) is 0 Å². The van der Waals surface area contributed by atoms with E-state index in [1.165, 1.54) is 6.42 Å². The van der Waals surface area contributed by atoms with E-state index >= 15 is 0 Å². The Morgan fingerprint density at radius 1 is 1.35 bits per heavy atom. The summed E-state index contributed by atoms with van der Waals surface area (Å²) in [5.74, 6) is 2.24. The second-order valence-corrected chi connectivity index (χ2v) is 6.25. The summed E-state index contributed by atoms with van der Waals surface area (Å²) >= 11 is 11.9. The second kappa shape index (κ2) is 6.77. The van der Waals surface area contributed by atoms with Crippen LogP contribution in [-0.2, 0) is 6.42 Å². The van der Waals surface area contributed by atoms with Gasteiger partial charge in [-0.2, -0.15) is 0 Å². The minimum absolute atomic E-state index is 0.363. The molecule has 0 aliphatic carbocycles. The van der Waals surface area contributed by atoms with Crippen molar-refractivity contribution in [2.45, 2.75) is 46.1 Å². The normalized spacial score (nSPS) is 14.7. The van der Waals surface area contributed by atoms with Gasteiger partial charge in [-0.05, 0) is 25.3 Å². The molecule has 2 rings (SSSR count). The van der Waals surface area contributed by atoms with Crippen molar-refractivity contribution in [1.29, 1.82) is 0 Å². The number of fused-ring (bicyclic) bond motifs is 1. The van der Waals surface area contributed by atoms with Gasteiger partial charge in [-0.15, -0.1) is 11.6 Å². The highest BCUT2D eigenvalue weighted by Crippen LogP contribution is 2.27. The molecule has 0 fully saturated rings. The smallest absolute Gasteiger partial charge is 0.160 e. The highest BCUT2D eigenvalue weighted by atomic mass is 35.5. The van der Waals surface area contributed by atoms with Crippen LogP contribution < -0.4 is 0 Å². The van der Waals surface area contributed by atoms with Gasteiger partial charge in [-0.3, -0.25) is 0 Å². The van der Waals surface area contributed by atoms with Crippen LogP contribution in [-0.4, -0.2) is 20.4 Å². The van der Waals surface area contributed by atoms with Crippen LogP contribution in [0.25, 0.3) is 11.2 Å². The lowest BCUT2D eigenvalue weighted by atomic mass is 10.00. The van der Waals surface area contributed by atoms with Crippen molar-refractivity contribution in [2.75, 3.05) is 5.88 Å². The molecule has 0 amide bonds. The molecule has 0 N–H and O–H groups in total. The lowest BCUT2D eigenvalue weighted by Gasteiger charge is -2.20. The van der Waals surface area contributed by atoms with Crippen LogP contribution in [0.5, 0.6) is 0 Å². The average Bonchev–Trinajstić information content (AvgIpc) is 2.76. The quantitative estimate of drug-likeness (QED) is 0.713. The van der Waals surface area contributed by atoms with Gasteiger partial charge in [0.05, 0.1) is 5.02 Å². The van der Waals surface area contributed by atoms with Crippen molar-refractivity contribution in [3.63, 3.8) is 0 Å². The summed E-state index contributed by atoms with van der Waals surface area (Å²) in [6.07, 6.45) is 4.73. The van der Waals surface area contributed by atoms with E-state index in [1.807, 2.05) is 6.07 Å². The number of pyridine rings is 1. The summed E-state index contributed by atoms with van der Waals surface area (Å²) in [4.78, 5) is 9.11. The van der Waals surface area contributed by atoms with E-state index in [2.05, 4.69) is 35.3 Å². The third kappa shape index (κ3) is 3.26. The number of alkyl halides is 1. The summed E-state index contributed by atoms with van der Waals surface area (Å²) < 4.78 is 2.22. The minimum atomic E-state index is 0.363. The first-order valence-electron chi connectivity index (χ1n) is 7.15. The van der Waals surface area contributed by atoms with Gasteiger partial charge in [0.1, 0.15) is 11.3 Å². The standard InChI is InChI=1S/C15H21Cl2N3/c1-4-10(2)7-11(3)20-14(5-6-16)19-13-8-12(17)9-18-15(13)20/h8-11H,4-7H2,1-3H3. The van der Waals surface area contributed by atoms with Crippen molar-refractivity contribution >= 4 is 34.4 Å². The van der Waals surface area contributed by atoms with Crippen LogP contribution in [0, 0.1) is 5.92 Å². The molecule has 2 unspecified atom stereocenters. The van der Waals surface area contributed by atoms with Gasteiger partial charge in [0.15, 0.2) is 5.65 Å². The number of nitrogens with zero attached hydrogens (tertiary/aromatic N) is 3. The number of rotatable bonds is 6. The number of aryl methyl sites for hydroxylation is 1. The van der Waals surface area contributed by atoms with Crippen molar-refractivity contribution in [1.82, 2.24) is 14.5 Å². The Balaban J connectivity index is 2.45. The van der Waals surface area contributed by atoms with Crippen LogP contribution in [0.3, 0.4) is 0 Å². The Hall–Kier alpha value is -0.800. The number of aromatic nitrogens is 3. The highest BCUT2D eigenvalue weighted by molar-refractivity contribution is 6.31. The predicted octanol–water partition coefficient (Wildman–Crippen LogP) is 4.86. The van der Waals surface area contributed by atoms with E-state index < -0.39 is 0 Å². The molecule has 0 aliphatic heterocycles. The summed E-state index contributed by atoms with van der Waals surface area (Å²) in [5, 5.41) is 0.620. The summed E-state index contributed by atoms with van der Waals surface area (Å²) in [7, 11) is 0. The third-order valence-corrected chi connectivity index (χ3v) is 4.16. The molecule has 2 aromatic rings. The first kappa shape index (κ1) is 15.6. The lowest BCUT2D eigenvalue weighted by molar-refractivity contribution is 0.396. The topological polar surface area (TPSA) is 30.7 Å². The first-order valence-corrected chi connectivity index (χ1v) is 8.06. The Morgan fingerprint density at radius 3 is 2.75 bits per heavy atom. The monoisotopic (exact) mass is 313 g/mol. The van der Waals surface area contributed by atoms with Crippen LogP contribution in [0.4, 0.5) is 0 Å². The number of hydrogen-bond acceptors (Lipinski definition) is 2. The van der Waals surface area contributed by atoms with Gasteiger partial charge < -0.3 is 4.57 Å². The fourth-order valence-electron chi connectivity index (χ4n) is 2.58. The fraction of sp³-hybridized carbons (Fsp3) is 0.600. The highest BCUT2D eigenvalue weighted by Gasteiger charge is 2.18. The molecule has 0 aliphatic rings. The molecular formula is C15H21Cl2N3. The zero-order chi connectivity index (χ0) is 14.7. The van der Waals surface area contributed by atoms with Crippen LogP contribution >= 0.6 is 23.2 Å². The molecule has 0 spiro atoms. The number of hydrogen-bond donors (Lipinski definition) is 0. The molecular weight excluding hydrogens is 293 g/mol. The molecule has 0 bridgehead atoms. The molecule has 0 saturated carbocycles. The predicted molar refractivity (Wildman–Crippen MR) is 85.7 cm³/mol. The number of halogens is 2. The van der Waals surface area contributed by atoms with Crippen LogP contribution in [0.15, 0.2) is 12.3 Å². The van der Waals surface area contributed by atoms with Crippen LogP contribution in [0.2, 0.25) is 5.02 Å². The minimum Gasteiger partial charge on any atom is -0.310 e. The number of imidazole rings is 1. The van der Waals surface area contributed by atoms with Gasteiger partial charge >= 0.3 is 0 Å². The van der Waals surface area contributed by atoms with Gasteiger partial charge in [0.25, 0.3) is 0 Å².